The van der Waals surface area contributed by atoms with Crippen molar-refractivity contribution in [2.24, 2.45) is 0 Å². The average Bonchev–Trinajstić information content (AvgIpc) is 2.22. The van der Waals surface area contributed by atoms with Crippen LogP contribution in [0.2, 0.25) is 0 Å². The Morgan fingerprint density at radius 1 is 1.20 bits per heavy atom. The molecule has 0 N–H and O–H groups in total. The molecule has 1 aromatic heterocycles. The molecule has 4 nitrogen and oxygen atoms in total. The van der Waals surface area contributed by atoms with Crippen LogP contribution in [-0.2, 0) is 6.54 Å². The molecule has 1 aliphatic heterocycles. The van der Waals surface area contributed by atoms with E-state index in [9.17, 15) is 0 Å². The molecule has 1 saturated heterocycles. The molecule has 2 rings (SSSR count). The molecule has 4 heteroatoms. The Bertz CT molecular complexity index is 318. The minimum Gasteiger partial charge on any atom is -0.304 e. The van der Waals surface area contributed by atoms with Crippen LogP contribution in [0.4, 0.5) is 0 Å². The molecule has 0 aliphatic carbocycles. The lowest BCUT2D eigenvalue weighted by Gasteiger charge is -2.32. The summed E-state index contributed by atoms with van der Waals surface area (Å²) in [6, 6.07) is 2.07. The quantitative estimate of drug-likeness (QED) is 0.706. The van der Waals surface area contributed by atoms with Crippen molar-refractivity contribution in [3.63, 3.8) is 0 Å². The van der Waals surface area contributed by atoms with E-state index < -0.39 is 0 Å². The second-order valence-electron chi connectivity index (χ2n) is 4.23. The number of aryl methyl sites for hydroxylation is 1. The van der Waals surface area contributed by atoms with E-state index in [1.807, 2.05) is 6.92 Å². The summed E-state index contributed by atoms with van der Waals surface area (Å²) >= 11 is 0. The Kier molecular flexibility index (Phi) is 3.28. The maximum absolute atomic E-state index is 4.29. The summed E-state index contributed by atoms with van der Waals surface area (Å²) in [7, 11) is 2.17. The van der Waals surface area contributed by atoms with Gasteiger partial charge in [-0.15, -0.1) is 0 Å². The first-order chi connectivity index (χ1) is 7.24. The van der Waals surface area contributed by atoms with Gasteiger partial charge in [-0.2, -0.15) is 0 Å². The molecule has 0 spiro atoms. The lowest BCUT2D eigenvalue weighted by Crippen LogP contribution is -2.44. The molecule has 2 heterocycles. The first-order valence-electron chi connectivity index (χ1n) is 5.42. The molecule has 0 unspecified atom stereocenters. The summed E-state index contributed by atoms with van der Waals surface area (Å²) in [6.07, 6.45) is 1.65. The van der Waals surface area contributed by atoms with Crippen LogP contribution in [0, 0.1) is 6.92 Å². The van der Waals surface area contributed by atoms with Crippen LogP contribution >= 0.6 is 0 Å². The van der Waals surface area contributed by atoms with E-state index in [1.165, 1.54) is 0 Å². The SMILES string of the molecule is Cc1cc(CN2CCN(C)CC2)ncn1. The largest absolute Gasteiger partial charge is 0.304 e. The smallest absolute Gasteiger partial charge is 0.115 e. The maximum atomic E-state index is 4.29. The van der Waals surface area contributed by atoms with Crippen molar-refractivity contribution in [1.82, 2.24) is 19.8 Å². The van der Waals surface area contributed by atoms with Gasteiger partial charge in [0.05, 0.1) is 5.69 Å². The summed E-state index contributed by atoms with van der Waals surface area (Å²) in [5, 5.41) is 0. The summed E-state index contributed by atoms with van der Waals surface area (Å²) < 4.78 is 0. The third kappa shape index (κ3) is 2.97. The number of hydrogen-bond acceptors (Lipinski definition) is 4. The Labute approximate surface area is 90.9 Å². The van der Waals surface area contributed by atoms with E-state index >= 15 is 0 Å². The highest BCUT2D eigenvalue weighted by Crippen LogP contribution is 2.05. The Hall–Kier alpha value is -1.00. The van der Waals surface area contributed by atoms with Crippen molar-refractivity contribution in [2.45, 2.75) is 13.5 Å². The number of hydrogen-bond donors (Lipinski definition) is 0. The second kappa shape index (κ2) is 4.68. The van der Waals surface area contributed by atoms with Gasteiger partial charge in [-0.3, -0.25) is 4.90 Å². The van der Waals surface area contributed by atoms with Crippen LogP contribution in [0.15, 0.2) is 12.4 Å². The van der Waals surface area contributed by atoms with Crippen LogP contribution < -0.4 is 0 Å². The van der Waals surface area contributed by atoms with Crippen LogP contribution in [0.25, 0.3) is 0 Å². The van der Waals surface area contributed by atoms with Crippen molar-refractivity contribution >= 4 is 0 Å². The number of nitrogens with zero attached hydrogens (tertiary/aromatic N) is 4. The van der Waals surface area contributed by atoms with Gasteiger partial charge in [0.15, 0.2) is 0 Å². The number of piperazine rings is 1. The fraction of sp³-hybridized carbons (Fsp3) is 0.636. The second-order valence-corrected chi connectivity index (χ2v) is 4.23. The highest BCUT2D eigenvalue weighted by Gasteiger charge is 2.14. The van der Waals surface area contributed by atoms with Crippen molar-refractivity contribution in [1.29, 1.82) is 0 Å². The highest BCUT2D eigenvalue weighted by atomic mass is 15.2. The zero-order valence-corrected chi connectivity index (χ0v) is 9.48. The van der Waals surface area contributed by atoms with E-state index in [2.05, 4.69) is 32.9 Å². The van der Waals surface area contributed by atoms with Crippen molar-refractivity contribution in [2.75, 3.05) is 33.2 Å². The van der Waals surface area contributed by atoms with E-state index in [0.29, 0.717) is 0 Å². The Morgan fingerprint density at radius 3 is 2.60 bits per heavy atom. The van der Waals surface area contributed by atoms with Gasteiger partial charge in [-0.25, -0.2) is 9.97 Å². The number of likely N-dealkylation sites (N-methyl/N-ethyl adjacent to an activating group) is 1. The van der Waals surface area contributed by atoms with Crippen LogP contribution in [0.3, 0.4) is 0 Å². The lowest BCUT2D eigenvalue weighted by atomic mass is 10.3. The van der Waals surface area contributed by atoms with Gasteiger partial charge in [-0.1, -0.05) is 0 Å². The minimum absolute atomic E-state index is 0.956. The molecule has 82 valence electrons. The van der Waals surface area contributed by atoms with Crippen LogP contribution in [0.1, 0.15) is 11.4 Å². The third-order valence-corrected chi connectivity index (χ3v) is 2.84. The molecule has 1 aromatic rings. The fourth-order valence-electron chi connectivity index (χ4n) is 1.83. The molecule has 0 bridgehead atoms. The van der Waals surface area contributed by atoms with E-state index in [1.54, 1.807) is 6.33 Å². The number of rotatable bonds is 2. The normalized spacial score (nSPS) is 19.3. The first kappa shape index (κ1) is 10.5. The Morgan fingerprint density at radius 2 is 1.93 bits per heavy atom. The number of aromatic nitrogens is 2. The van der Waals surface area contributed by atoms with Gasteiger partial charge >= 0.3 is 0 Å². The van der Waals surface area contributed by atoms with Gasteiger partial charge in [0.2, 0.25) is 0 Å². The standard InChI is InChI=1S/C11H18N4/c1-10-7-11(13-9-12-10)8-15-5-3-14(2)4-6-15/h7,9H,3-6,8H2,1-2H3. The average molecular weight is 206 g/mol. The molecule has 0 aromatic carbocycles. The predicted octanol–water partition coefficient (Wildman–Crippen LogP) is 0.532. The summed E-state index contributed by atoms with van der Waals surface area (Å²) in [4.78, 5) is 13.2. The molecule has 0 amide bonds. The van der Waals surface area contributed by atoms with E-state index in [4.69, 9.17) is 0 Å². The highest BCUT2D eigenvalue weighted by molar-refractivity contribution is 5.06. The minimum atomic E-state index is 0.956. The van der Waals surface area contributed by atoms with Crippen molar-refractivity contribution < 1.29 is 0 Å². The Balaban J connectivity index is 1.92. The van der Waals surface area contributed by atoms with E-state index in [0.717, 1.165) is 44.1 Å². The van der Waals surface area contributed by atoms with Crippen LogP contribution in [0.5, 0.6) is 0 Å². The third-order valence-electron chi connectivity index (χ3n) is 2.84. The van der Waals surface area contributed by atoms with Gasteiger partial charge < -0.3 is 4.90 Å². The summed E-state index contributed by atoms with van der Waals surface area (Å²) in [6.45, 7) is 7.56. The topological polar surface area (TPSA) is 32.3 Å². The van der Waals surface area contributed by atoms with Crippen molar-refractivity contribution in [3.8, 4) is 0 Å². The molecule has 1 fully saturated rings. The van der Waals surface area contributed by atoms with Gasteiger partial charge in [0, 0.05) is 38.4 Å². The zero-order chi connectivity index (χ0) is 10.7. The molecule has 0 atom stereocenters. The summed E-state index contributed by atoms with van der Waals surface area (Å²) in [5.41, 5.74) is 2.18. The molecule has 0 saturated carbocycles. The van der Waals surface area contributed by atoms with Gasteiger partial charge in [-0.05, 0) is 20.0 Å². The molecular formula is C11H18N4. The molecule has 1 aliphatic rings. The van der Waals surface area contributed by atoms with Gasteiger partial charge in [0.25, 0.3) is 0 Å². The zero-order valence-electron chi connectivity index (χ0n) is 9.48. The molecule has 15 heavy (non-hydrogen) atoms. The maximum Gasteiger partial charge on any atom is 0.115 e. The summed E-state index contributed by atoms with van der Waals surface area (Å²) in [5.74, 6) is 0. The van der Waals surface area contributed by atoms with Gasteiger partial charge in [0.1, 0.15) is 6.33 Å². The molecular weight excluding hydrogens is 188 g/mol. The predicted molar refractivity (Wildman–Crippen MR) is 59.5 cm³/mol. The van der Waals surface area contributed by atoms with E-state index in [-0.39, 0.29) is 0 Å². The van der Waals surface area contributed by atoms with Crippen LogP contribution in [-0.4, -0.2) is 53.0 Å². The van der Waals surface area contributed by atoms with Crippen molar-refractivity contribution in [3.05, 3.63) is 23.8 Å². The first-order valence-corrected chi connectivity index (χ1v) is 5.42. The monoisotopic (exact) mass is 206 g/mol. The lowest BCUT2D eigenvalue weighted by molar-refractivity contribution is 0.147. The fourth-order valence-corrected chi connectivity index (χ4v) is 1.83. The molecule has 0 radical (unpaired) electrons.